The summed E-state index contributed by atoms with van der Waals surface area (Å²) in [6.45, 7) is 1.24. The van der Waals surface area contributed by atoms with Crippen LogP contribution in [0.3, 0.4) is 0 Å². The Bertz CT molecular complexity index is 1370. The number of nitrogens with one attached hydrogen (secondary N) is 2. The number of hydrogen-bond acceptors (Lipinski definition) is 6. The van der Waals surface area contributed by atoms with E-state index in [2.05, 4.69) is 15.8 Å². The van der Waals surface area contributed by atoms with Gasteiger partial charge in [-0.1, -0.05) is 18.2 Å². The zero-order valence-electron chi connectivity index (χ0n) is 16.6. The molecule has 0 spiro atoms. The summed E-state index contributed by atoms with van der Waals surface area (Å²) in [4.78, 5) is 40.0. The summed E-state index contributed by atoms with van der Waals surface area (Å²) in [6.07, 6.45) is 1.48. The van der Waals surface area contributed by atoms with Crippen molar-refractivity contribution in [3.63, 3.8) is 0 Å². The molecule has 4 rings (SSSR count). The molecule has 0 radical (unpaired) electrons. The van der Waals surface area contributed by atoms with E-state index < -0.39 is 28.2 Å². The average Bonchev–Trinajstić information content (AvgIpc) is 3.33. The van der Waals surface area contributed by atoms with E-state index in [9.17, 15) is 24.1 Å². The van der Waals surface area contributed by atoms with Crippen molar-refractivity contribution in [1.29, 1.82) is 0 Å². The second-order valence-electron chi connectivity index (χ2n) is 6.82. The number of carbonyl (C=O) groups is 2. The van der Waals surface area contributed by atoms with Crippen molar-refractivity contribution in [1.82, 2.24) is 15.8 Å². The number of pyridine rings is 1. The number of furan rings is 1. The van der Waals surface area contributed by atoms with E-state index in [1.165, 1.54) is 19.3 Å². The number of benzene rings is 2. The van der Waals surface area contributed by atoms with Gasteiger partial charge in [-0.2, -0.15) is 0 Å². The summed E-state index contributed by atoms with van der Waals surface area (Å²) < 4.78 is 19.3. The molecule has 2 aromatic carbocycles. The average molecular weight is 434 g/mol. The van der Waals surface area contributed by atoms with Crippen LogP contribution in [-0.4, -0.2) is 21.7 Å². The van der Waals surface area contributed by atoms with Gasteiger partial charge in [-0.25, -0.2) is 9.37 Å². The molecule has 0 aliphatic heterocycles. The molecule has 0 aliphatic carbocycles. The van der Waals surface area contributed by atoms with Gasteiger partial charge in [0.25, 0.3) is 17.5 Å². The smallest absolute Gasteiger partial charge is 0.276 e. The maximum atomic E-state index is 14.0. The molecule has 2 heterocycles. The normalized spacial score (nSPS) is 10.7. The molecule has 0 fully saturated rings. The number of nitro groups is 1. The molecular weight excluding hydrogens is 419 g/mol. The summed E-state index contributed by atoms with van der Waals surface area (Å²) in [5.74, 6) is -2.02. The van der Waals surface area contributed by atoms with Crippen LogP contribution < -0.4 is 10.9 Å². The minimum absolute atomic E-state index is 0.190. The molecule has 0 aliphatic rings. The third kappa shape index (κ3) is 3.88. The second-order valence-corrected chi connectivity index (χ2v) is 6.82. The van der Waals surface area contributed by atoms with Gasteiger partial charge in [-0.05, 0) is 37.3 Å². The van der Waals surface area contributed by atoms with Gasteiger partial charge in [-0.3, -0.25) is 30.6 Å². The van der Waals surface area contributed by atoms with Crippen LogP contribution in [-0.2, 0) is 0 Å². The van der Waals surface area contributed by atoms with Crippen molar-refractivity contribution < 1.29 is 23.3 Å². The highest BCUT2D eigenvalue weighted by molar-refractivity contribution is 6.08. The molecule has 9 nitrogen and oxygen atoms in total. The van der Waals surface area contributed by atoms with Crippen LogP contribution in [0.15, 0.2) is 65.3 Å². The lowest BCUT2D eigenvalue weighted by atomic mass is 10.1. The van der Waals surface area contributed by atoms with E-state index in [-0.39, 0.29) is 16.7 Å². The first kappa shape index (κ1) is 20.7. The maximum absolute atomic E-state index is 14.0. The first-order valence-corrected chi connectivity index (χ1v) is 9.34. The molecule has 0 atom stereocenters. The van der Waals surface area contributed by atoms with E-state index >= 15 is 0 Å². The summed E-state index contributed by atoms with van der Waals surface area (Å²) in [5, 5.41) is 11.6. The quantitative estimate of drug-likeness (QED) is 0.370. The van der Waals surface area contributed by atoms with Crippen molar-refractivity contribution in [2.75, 3.05) is 0 Å². The van der Waals surface area contributed by atoms with Gasteiger partial charge in [0, 0.05) is 11.5 Å². The van der Waals surface area contributed by atoms with E-state index in [0.29, 0.717) is 22.4 Å². The molecular formula is C22H15FN4O5. The molecule has 10 heteroatoms. The predicted octanol–water partition coefficient (Wildman–Crippen LogP) is 3.93. The summed E-state index contributed by atoms with van der Waals surface area (Å²) in [6, 6.07) is 13.6. The maximum Gasteiger partial charge on any atom is 0.276 e. The Morgan fingerprint density at radius 3 is 2.53 bits per heavy atom. The van der Waals surface area contributed by atoms with Gasteiger partial charge in [0.1, 0.15) is 11.5 Å². The van der Waals surface area contributed by atoms with Crippen molar-refractivity contribution >= 4 is 28.4 Å². The van der Waals surface area contributed by atoms with Crippen molar-refractivity contribution in [3.05, 3.63) is 93.5 Å². The van der Waals surface area contributed by atoms with Gasteiger partial charge in [0.2, 0.25) is 0 Å². The number of halogens is 1. The van der Waals surface area contributed by atoms with E-state index in [1.807, 2.05) is 0 Å². The topological polar surface area (TPSA) is 127 Å². The molecule has 0 unspecified atom stereocenters. The van der Waals surface area contributed by atoms with Crippen molar-refractivity contribution in [2.45, 2.75) is 6.92 Å². The predicted molar refractivity (Wildman–Crippen MR) is 112 cm³/mol. The minimum atomic E-state index is -0.912. The fourth-order valence-electron chi connectivity index (χ4n) is 3.15. The largest absolute Gasteiger partial charge is 0.463 e. The highest BCUT2D eigenvalue weighted by Crippen LogP contribution is 2.25. The number of para-hydroxylation sites is 1. The molecule has 32 heavy (non-hydrogen) atoms. The molecule has 2 amide bonds. The van der Waals surface area contributed by atoms with Gasteiger partial charge in [0.05, 0.1) is 33.4 Å². The Labute approximate surface area is 180 Å². The summed E-state index contributed by atoms with van der Waals surface area (Å²) in [5.41, 5.74) is 4.54. The fraction of sp³-hybridized carbons (Fsp3) is 0.0455. The van der Waals surface area contributed by atoms with Crippen LogP contribution in [0.5, 0.6) is 0 Å². The molecule has 2 N–H and O–H groups in total. The Balaban J connectivity index is 1.61. The molecule has 0 bridgehead atoms. The van der Waals surface area contributed by atoms with Crippen LogP contribution in [0.2, 0.25) is 0 Å². The molecule has 2 aromatic heterocycles. The van der Waals surface area contributed by atoms with Gasteiger partial charge in [-0.15, -0.1) is 0 Å². The summed E-state index contributed by atoms with van der Waals surface area (Å²) in [7, 11) is 0. The Kier molecular flexibility index (Phi) is 5.34. The van der Waals surface area contributed by atoms with Gasteiger partial charge in [0.15, 0.2) is 5.76 Å². The third-order valence-corrected chi connectivity index (χ3v) is 4.80. The monoisotopic (exact) mass is 434 g/mol. The lowest BCUT2D eigenvalue weighted by Gasteiger charge is -2.11. The molecule has 0 saturated heterocycles. The fourth-order valence-corrected chi connectivity index (χ4v) is 3.15. The number of hydrazine groups is 1. The van der Waals surface area contributed by atoms with Crippen LogP contribution in [0, 0.1) is 22.9 Å². The van der Waals surface area contributed by atoms with Crippen LogP contribution >= 0.6 is 0 Å². The number of fused-ring (bicyclic) bond motifs is 1. The van der Waals surface area contributed by atoms with E-state index in [4.69, 9.17) is 4.42 Å². The molecule has 4 aromatic rings. The first-order valence-electron chi connectivity index (χ1n) is 9.34. The van der Waals surface area contributed by atoms with Crippen molar-refractivity contribution in [3.8, 4) is 11.5 Å². The molecule has 0 saturated carbocycles. The van der Waals surface area contributed by atoms with Crippen molar-refractivity contribution in [2.24, 2.45) is 0 Å². The zero-order chi connectivity index (χ0) is 22.8. The number of hydrogen-bond donors (Lipinski definition) is 2. The number of rotatable bonds is 4. The second kappa shape index (κ2) is 8.26. The lowest BCUT2D eigenvalue weighted by Crippen LogP contribution is -2.41. The standard InChI is InChI=1S/C22H15FN4O5/c1-12-16(23)9-13(10-19(12)27(30)31)21(28)25-26-22(29)15-11-18(20-7-4-8-32-20)24-17-6-3-2-5-14(15)17/h2-11H,1H3,(H,25,28)(H,26,29). The van der Waals surface area contributed by atoms with Crippen LogP contribution in [0.1, 0.15) is 26.3 Å². The molecule has 160 valence electrons. The Morgan fingerprint density at radius 2 is 1.81 bits per heavy atom. The third-order valence-electron chi connectivity index (χ3n) is 4.80. The van der Waals surface area contributed by atoms with E-state index in [0.717, 1.165) is 12.1 Å². The highest BCUT2D eigenvalue weighted by Gasteiger charge is 2.21. The number of carbonyl (C=O) groups excluding carboxylic acids is 2. The lowest BCUT2D eigenvalue weighted by molar-refractivity contribution is -0.385. The van der Waals surface area contributed by atoms with Crippen LogP contribution in [0.4, 0.5) is 10.1 Å². The SMILES string of the molecule is Cc1c(F)cc(C(=O)NNC(=O)c2cc(-c3ccco3)nc3ccccc23)cc1[N+](=O)[O-]. The van der Waals surface area contributed by atoms with Gasteiger partial charge < -0.3 is 4.42 Å². The summed E-state index contributed by atoms with van der Waals surface area (Å²) >= 11 is 0. The minimum Gasteiger partial charge on any atom is -0.463 e. The number of nitro benzene ring substituents is 1. The highest BCUT2D eigenvalue weighted by atomic mass is 19.1. The van der Waals surface area contributed by atoms with E-state index in [1.54, 1.807) is 36.4 Å². The Morgan fingerprint density at radius 1 is 1.06 bits per heavy atom. The Hall–Kier alpha value is -4.60. The van der Waals surface area contributed by atoms with Gasteiger partial charge >= 0.3 is 0 Å². The number of amides is 2. The first-order chi connectivity index (χ1) is 15.3. The van der Waals surface area contributed by atoms with Crippen LogP contribution in [0.25, 0.3) is 22.4 Å². The number of nitrogens with zero attached hydrogens (tertiary/aromatic N) is 2. The number of aromatic nitrogens is 1. The zero-order valence-corrected chi connectivity index (χ0v) is 16.6.